The van der Waals surface area contributed by atoms with Crippen LogP contribution in [-0.2, 0) is 21.4 Å². The van der Waals surface area contributed by atoms with E-state index in [4.69, 9.17) is 0 Å². The Morgan fingerprint density at radius 2 is 1.65 bits per heavy atom. The van der Waals surface area contributed by atoms with Crippen LogP contribution in [0.1, 0.15) is 33.3 Å². The molecular formula is C23H32FN3O3S. The molecule has 170 valence electrons. The van der Waals surface area contributed by atoms with Crippen LogP contribution in [0.5, 0.6) is 0 Å². The summed E-state index contributed by atoms with van der Waals surface area (Å²) in [6.07, 6.45) is 0. The molecular weight excluding hydrogens is 417 g/mol. The highest BCUT2D eigenvalue weighted by Gasteiger charge is 2.27. The normalized spacial score (nSPS) is 11.9. The molecule has 31 heavy (non-hydrogen) atoms. The van der Waals surface area contributed by atoms with E-state index in [2.05, 4.69) is 5.32 Å². The lowest BCUT2D eigenvalue weighted by atomic mass is 10.1. The second kappa shape index (κ2) is 10.2. The summed E-state index contributed by atoms with van der Waals surface area (Å²) in [6.45, 7) is 7.93. The fourth-order valence-corrected chi connectivity index (χ4v) is 4.69. The number of sulfonamides is 1. The summed E-state index contributed by atoms with van der Waals surface area (Å²) in [7, 11) is -0.0793. The lowest BCUT2D eigenvalue weighted by Gasteiger charge is -2.27. The van der Waals surface area contributed by atoms with Crippen molar-refractivity contribution in [2.75, 3.05) is 30.9 Å². The standard InChI is InChI=1S/C23H32FN3O3S/c1-16(2)14-27(31(29,30)21-10-7-19(24)8-11-21)15-18-13-20(25-23(28)17(3)4)9-12-22(18)26(5)6/h7-13,16-17H,14-15H2,1-6H3,(H,25,28). The highest BCUT2D eigenvalue weighted by Crippen LogP contribution is 2.28. The van der Waals surface area contributed by atoms with Crippen LogP contribution >= 0.6 is 0 Å². The highest BCUT2D eigenvalue weighted by atomic mass is 32.2. The van der Waals surface area contributed by atoms with E-state index in [1.165, 1.54) is 16.4 Å². The summed E-state index contributed by atoms with van der Waals surface area (Å²) < 4.78 is 41.4. The molecule has 0 spiro atoms. The molecule has 0 bridgehead atoms. The molecule has 0 heterocycles. The van der Waals surface area contributed by atoms with Crippen molar-refractivity contribution in [2.24, 2.45) is 11.8 Å². The zero-order valence-corrected chi connectivity index (χ0v) is 19.8. The number of anilines is 2. The number of nitrogens with one attached hydrogen (secondary N) is 1. The number of carbonyl (C=O) groups is 1. The maximum absolute atomic E-state index is 13.3. The number of rotatable bonds is 9. The maximum atomic E-state index is 13.3. The number of hydrogen-bond acceptors (Lipinski definition) is 4. The minimum absolute atomic E-state index is 0.0465. The van der Waals surface area contributed by atoms with E-state index in [-0.39, 0.29) is 29.2 Å². The van der Waals surface area contributed by atoms with Crippen molar-refractivity contribution >= 4 is 27.3 Å². The van der Waals surface area contributed by atoms with Crippen molar-refractivity contribution in [3.8, 4) is 0 Å². The third-order valence-electron chi connectivity index (χ3n) is 4.72. The van der Waals surface area contributed by atoms with Gasteiger partial charge < -0.3 is 10.2 Å². The van der Waals surface area contributed by atoms with E-state index in [1.54, 1.807) is 6.07 Å². The highest BCUT2D eigenvalue weighted by molar-refractivity contribution is 7.89. The molecule has 1 amide bonds. The van der Waals surface area contributed by atoms with Crippen molar-refractivity contribution in [3.63, 3.8) is 0 Å². The van der Waals surface area contributed by atoms with Gasteiger partial charge in [-0.1, -0.05) is 27.7 Å². The average Bonchev–Trinajstić information content (AvgIpc) is 2.67. The average molecular weight is 450 g/mol. The Morgan fingerprint density at radius 1 is 1.03 bits per heavy atom. The Bertz CT molecular complexity index is 1000. The first-order chi connectivity index (χ1) is 14.4. The van der Waals surface area contributed by atoms with Gasteiger partial charge in [0, 0.05) is 44.5 Å². The van der Waals surface area contributed by atoms with Crippen molar-refractivity contribution in [1.29, 1.82) is 0 Å². The Kier molecular flexibility index (Phi) is 8.20. The van der Waals surface area contributed by atoms with Crippen LogP contribution in [0, 0.1) is 17.7 Å². The summed E-state index contributed by atoms with van der Waals surface area (Å²) in [6, 6.07) is 10.3. The Labute approximate surface area is 185 Å². The lowest BCUT2D eigenvalue weighted by molar-refractivity contribution is -0.118. The zero-order valence-electron chi connectivity index (χ0n) is 19.0. The van der Waals surface area contributed by atoms with Gasteiger partial charge in [0.15, 0.2) is 0 Å². The largest absolute Gasteiger partial charge is 0.377 e. The molecule has 0 aromatic heterocycles. The van der Waals surface area contributed by atoms with E-state index in [9.17, 15) is 17.6 Å². The molecule has 1 N–H and O–H groups in total. The topological polar surface area (TPSA) is 69.7 Å². The molecule has 6 nitrogen and oxygen atoms in total. The van der Waals surface area contributed by atoms with Crippen molar-refractivity contribution in [2.45, 2.75) is 39.1 Å². The van der Waals surface area contributed by atoms with E-state index >= 15 is 0 Å². The Hall–Kier alpha value is -2.45. The van der Waals surface area contributed by atoms with E-state index in [0.29, 0.717) is 12.2 Å². The van der Waals surface area contributed by atoms with Crippen LogP contribution in [0.4, 0.5) is 15.8 Å². The third kappa shape index (κ3) is 6.51. The number of benzene rings is 2. The molecule has 2 aromatic rings. The van der Waals surface area contributed by atoms with Gasteiger partial charge in [0.1, 0.15) is 5.82 Å². The SMILES string of the molecule is CC(C)CN(Cc1cc(NC(=O)C(C)C)ccc1N(C)C)S(=O)(=O)c1ccc(F)cc1. The van der Waals surface area contributed by atoms with Crippen molar-refractivity contribution < 1.29 is 17.6 Å². The Morgan fingerprint density at radius 3 is 2.16 bits per heavy atom. The lowest BCUT2D eigenvalue weighted by Crippen LogP contribution is -2.34. The van der Waals surface area contributed by atoms with Gasteiger partial charge in [-0.05, 0) is 53.9 Å². The van der Waals surface area contributed by atoms with Gasteiger partial charge >= 0.3 is 0 Å². The predicted molar refractivity (Wildman–Crippen MR) is 123 cm³/mol. The molecule has 0 unspecified atom stereocenters. The molecule has 2 rings (SSSR count). The second-order valence-electron chi connectivity index (χ2n) is 8.53. The molecule has 0 aliphatic rings. The molecule has 0 atom stereocenters. The third-order valence-corrected chi connectivity index (χ3v) is 6.55. The van der Waals surface area contributed by atoms with Crippen LogP contribution in [0.15, 0.2) is 47.4 Å². The molecule has 8 heteroatoms. The molecule has 0 saturated heterocycles. The number of amides is 1. The number of nitrogens with zero attached hydrogens (tertiary/aromatic N) is 2. The summed E-state index contributed by atoms with van der Waals surface area (Å²) in [5.74, 6) is -0.686. The summed E-state index contributed by atoms with van der Waals surface area (Å²) in [4.78, 5) is 14.1. The first kappa shape index (κ1) is 24.8. The second-order valence-corrected chi connectivity index (χ2v) is 10.5. The van der Waals surface area contributed by atoms with E-state index in [0.717, 1.165) is 23.4 Å². The predicted octanol–water partition coefficient (Wildman–Crippen LogP) is 4.33. The zero-order chi connectivity index (χ0) is 23.3. The quantitative estimate of drug-likeness (QED) is 0.619. The van der Waals surface area contributed by atoms with Crippen LogP contribution in [-0.4, -0.2) is 39.3 Å². The molecule has 0 aliphatic carbocycles. The van der Waals surface area contributed by atoms with Gasteiger partial charge in [-0.25, -0.2) is 12.8 Å². The molecule has 0 saturated carbocycles. The smallest absolute Gasteiger partial charge is 0.243 e. The maximum Gasteiger partial charge on any atom is 0.243 e. The monoisotopic (exact) mass is 449 g/mol. The summed E-state index contributed by atoms with van der Waals surface area (Å²) >= 11 is 0. The number of hydrogen-bond donors (Lipinski definition) is 1. The van der Waals surface area contributed by atoms with Crippen molar-refractivity contribution in [3.05, 3.63) is 53.8 Å². The van der Waals surface area contributed by atoms with Crippen LogP contribution < -0.4 is 10.2 Å². The summed E-state index contributed by atoms with van der Waals surface area (Å²) in [5, 5.41) is 2.87. The fourth-order valence-electron chi connectivity index (χ4n) is 3.11. The van der Waals surface area contributed by atoms with Gasteiger partial charge in [0.25, 0.3) is 0 Å². The van der Waals surface area contributed by atoms with Gasteiger partial charge in [-0.2, -0.15) is 4.31 Å². The Balaban J connectivity index is 2.47. The first-order valence-electron chi connectivity index (χ1n) is 10.3. The van der Waals surface area contributed by atoms with Gasteiger partial charge in [-0.15, -0.1) is 0 Å². The molecule has 0 radical (unpaired) electrons. The van der Waals surface area contributed by atoms with Gasteiger partial charge in [0.05, 0.1) is 4.90 Å². The minimum atomic E-state index is -3.84. The summed E-state index contributed by atoms with van der Waals surface area (Å²) in [5.41, 5.74) is 2.23. The molecule has 0 fully saturated rings. The molecule has 0 aliphatic heterocycles. The van der Waals surface area contributed by atoms with E-state index < -0.39 is 15.8 Å². The van der Waals surface area contributed by atoms with Crippen LogP contribution in [0.3, 0.4) is 0 Å². The number of halogens is 1. The first-order valence-corrected chi connectivity index (χ1v) is 11.7. The fraction of sp³-hybridized carbons (Fsp3) is 0.435. The van der Waals surface area contributed by atoms with Crippen molar-refractivity contribution in [1.82, 2.24) is 4.31 Å². The molecule has 2 aromatic carbocycles. The van der Waals surface area contributed by atoms with Crippen LogP contribution in [0.25, 0.3) is 0 Å². The minimum Gasteiger partial charge on any atom is -0.377 e. The van der Waals surface area contributed by atoms with E-state index in [1.807, 2.05) is 58.8 Å². The van der Waals surface area contributed by atoms with Crippen LogP contribution in [0.2, 0.25) is 0 Å². The van der Waals surface area contributed by atoms with Gasteiger partial charge in [-0.3, -0.25) is 4.79 Å². The van der Waals surface area contributed by atoms with Gasteiger partial charge in [0.2, 0.25) is 15.9 Å². The number of carbonyl (C=O) groups excluding carboxylic acids is 1.